The minimum Gasteiger partial charge on any atom is -0.496 e. The van der Waals surface area contributed by atoms with Gasteiger partial charge in [-0.15, -0.1) is 0 Å². The molecule has 0 aliphatic carbocycles. The Bertz CT molecular complexity index is 415. The summed E-state index contributed by atoms with van der Waals surface area (Å²) in [6.07, 6.45) is 0.563. The molecular formula is C13H19NO3. The van der Waals surface area contributed by atoms with Crippen molar-refractivity contribution >= 4 is 5.97 Å². The van der Waals surface area contributed by atoms with Gasteiger partial charge in [-0.1, -0.05) is 6.07 Å². The molecule has 4 nitrogen and oxygen atoms in total. The molecule has 0 heterocycles. The zero-order chi connectivity index (χ0) is 13.0. The summed E-state index contributed by atoms with van der Waals surface area (Å²) in [5.41, 5.74) is 9.06. The van der Waals surface area contributed by atoms with Crippen LogP contribution in [0.2, 0.25) is 0 Å². The Morgan fingerprint density at radius 2 is 2.06 bits per heavy atom. The van der Waals surface area contributed by atoms with E-state index < -0.39 is 5.97 Å². The van der Waals surface area contributed by atoms with Crippen molar-refractivity contribution in [3.63, 3.8) is 0 Å². The number of methoxy groups -OCH3 is 1. The van der Waals surface area contributed by atoms with Crippen molar-refractivity contribution in [2.24, 2.45) is 5.73 Å². The van der Waals surface area contributed by atoms with Gasteiger partial charge in [-0.05, 0) is 43.0 Å². The highest BCUT2D eigenvalue weighted by Crippen LogP contribution is 2.24. The molecule has 0 aliphatic heterocycles. The minimum atomic E-state index is -0.861. The molecule has 0 saturated heterocycles. The molecule has 0 aromatic heterocycles. The molecule has 0 saturated carbocycles. The number of hydrogen-bond acceptors (Lipinski definition) is 3. The van der Waals surface area contributed by atoms with Gasteiger partial charge in [-0.25, -0.2) is 0 Å². The Balaban J connectivity index is 2.85. The zero-order valence-corrected chi connectivity index (χ0v) is 10.5. The van der Waals surface area contributed by atoms with Crippen molar-refractivity contribution in [3.8, 4) is 5.75 Å². The third-order valence-electron chi connectivity index (χ3n) is 2.99. The number of benzene rings is 1. The number of carbonyl (C=O) groups is 1. The molecule has 0 amide bonds. The Hall–Kier alpha value is -1.55. The fourth-order valence-electron chi connectivity index (χ4n) is 1.87. The van der Waals surface area contributed by atoms with E-state index in [0.29, 0.717) is 6.42 Å². The Labute approximate surface area is 101 Å². The number of rotatable bonds is 5. The fraction of sp³-hybridized carbons (Fsp3) is 0.462. The van der Waals surface area contributed by atoms with E-state index in [9.17, 15) is 4.79 Å². The van der Waals surface area contributed by atoms with E-state index in [4.69, 9.17) is 15.6 Å². The SMILES string of the molecule is COc1ccc(CC(N)CC(=O)O)c(C)c1C. The van der Waals surface area contributed by atoms with E-state index >= 15 is 0 Å². The van der Waals surface area contributed by atoms with Crippen molar-refractivity contribution in [2.45, 2.75) is 32.7 Å². The highest BCUT2D eigenvalue weighted by molar-refractivity contribution is 5.67. The van der Waals surface area contributed by atoms with Gasteiger partial charge in [0, 0.05) is 6.04 Å². The third kappa shape index (κ3) is 3.46. The van der Waals surface area contributed by atoms with Gasteiger partial charge in [-0.2, -0.15) is 0 Å². The van der Waals surface area contributed by atoms with Gasteiger partial charge < -0.3 is 15.6 Å². The quantitative estimate of drug-likeness (QED) is 0.816. The maximum Gasteiger partial charge on any atom is 0.304 e. The van der Waals surface area contributed by atoms with Crippen molar-refractivity contribution in [3.05, 3.63) is 28.8 Å². The molecule has 0 spiro atoms. The second-order valence-electron chi connectivity index (χ2n) is 4.24. The topological polar surface area (TPSA) is 72.5 Å². The van der Waals surface area contributed by atoms with E-state index in [1.54, 1.807) is 7.11 Å². The van der Waals surface area contributed by atoms with Crippen LogP contribution in [0.25, 0.3) is 0 Å². The molecule has 0 fully saturated rings. The van der Waals surface area contributed by atoms with Gasteiger partial charge in [0.2, 0.25) is 0 Å². The first-order valence-electron chi connectivity index (χ1n) is 5.56. The van der Waals surface area contributed by atoms with Crippen molar-refractivity contribution in [2.75, 3.05) is 7.11 Å². The third-order valence-corrected chi connectivity index (χ3v) is 2.99. The summed E-state index contributed by atoms with van der Waals surface area (Å²) < 4.78 is 5.22. The smallest absolute Gasteiger partial charge is 0.304 e. The van der Waals surface area contributed by atoms with Crippen LogP contribution in [0.15, 0.2) is 12.1 Å². The van der Waals surface area contributed by atoms with Gasteiger partial charge in [0.1, 0.15) is 5.75 Å². The highest BCUT2D eigenvalue weighted by atomic mass is 16.5. The standard InChI is InChI=1S/C13H19NO3/c1-8-9(2)12(17-3)5-4-10(8)6-11(14)7-13(15)16/h4-5,11H,6-7,14H2,1-3H3,(H,15,16). The lowest BCUT2D eigenvalue weighted by molar-refractivity contribution is -0.137. The molecule has 3 N–H and O–H groups in total. The summed E-state index contributed by atoms with van der Waals surface area (Å²) in [6.45, 7) is 3.99. The molecule has 1 atom stereocenters. The number of nitrogens with two attached hydrogens (primary N) is 1. The van der Waals surface area contributed by atoms with E-state index in [2.05, 4.69) is 0 Å². The van der Waals surface area contributed by atoms with E-state index in [1.165, 1.54) is 0 Å². The molecule has 4 heteroatoms. The van der Waals surface area contributed by atoms with Crippen molar-refractivity contribution in [1.29, 1.82) is 0 Å². The summed E-state index contributed by atoms with van der Waals surface area (Å²) in [6, 6.07) is 3.49. The Morgan fingerprint density at radius 3 is 2.59 bits per heavy atom. The lowest BCUT2D eigenvalue weighted by Crippen LogP contribution is -2.26. The van der Waals surface area contributed by atoms with E-state index in [0.717, 1.165) is 22.4 Å². The molecule has 1 unspecified atom stereocenters. The summed E-state index contributed by atoms with van der Waals surface area (Å²) >= 11 is 0. The number of hydrogen-bond donors (Lipinski definition) is 2. The molecule has 1 aromatic rings. The first kappa shape index (κ1) is 13.5. The normalized spacial score (nSPS) is 12.2. The number of ether oxygens (including phenoxy) is 1. The maximum atomic E-state index is 10.6. The Kier molecular flexibility index (Phi) is 4.52. The molecule has 0 aliphatic rings. The minimum absolute atomic E-state index is 0.00941. The van der Waals surface area contributed by atoms with Crippen LogP contribution in [0.1, 0.15) is 23.1 Å². The average Bonchev–Trinajstić information content (AvgIpc) is 2.24. The predicted molar refractivity (Wildman–Crippen MR) is 66.4 cm³/mol. The van der Waals surface area contributed by atoms with Crippen molar-refractivity contribution < 1.29 is 14.6 Å². The number of carboxylic acids is 1. The maximum absolute atomic E-state index is 10.6. The molecular weight excluding hydrogens is 218 g/mol. The first-order valence-corrected chi connectivity index (χ1v) is 5.56. The van der Waals surface area contributed by atoms with Crippen LogP contribution >= 0.6 is 0 Å². The van der Waals surface area contributed by atoms with Crippen LogP contribution in [0.5, 0.6) is 5.75 Å². The van der Waals surface area contributed by atoms with Gasteiger partial charge in [0.05, 0.1) is 13.5 Å². The number of aliphatic carboxylic acids is 1. The van der Waals surface area contributed by atoms with Crippen LogP contribution in [0, 0.1) is 13.8 Å². The van der Waals surface area contributed by atoms with Crippen LogP contribution in [0.3, 0.4) is 0 Å². The molecule has 94 valence electrons. The second-order valence-corrected chi connectivity index (χ2v) is 4.24. The highest BCUT2D eigenvalue weighted by Gasteiger charge is 2.12. The second kappa shape index (κ2) is 5.68. The van der Waals surface area contributed by atoms with Gasteiger partial charge in [0.25, 0.3) is 0 Å². The number of carboxylic acid groups (broad SMARTS) is 1. The first-order chi connectivity index (χ1) is 7.95. The van der Waals surface area contributed by atoms with Crippen LogP contribution in [0.4, 0.5) is 0 Å². The Morgan fingerprint density at radius 1 is 1.41 bits per heavy atom. The fourth-order valence-corrected chi connectivity index (χ4v) is 1.87. The van der Waals surface area contributed by atoms with E-state index in [1.807, 2.05) is 26.0 Å². The lowest BCUT2D eigenvalue weighted by atomic mass is 9.96. The summed E-state index contributed by atoms with van der Waals surface area (Å²) in [5, 5.41) is 8.67. The van der Waals surface area contributed by atoms with Gasteiger partial charge in [0.15, 0.2) is 0 Å². The molecule has 0 bridgehead atoms. The summed E-state index contributed by atoms with van der Waals surface area (Å²) in [7, 11) is 1.64. The van der Waals surface area contributed by atoms with Crippen LogP contribution in [-0.4, -0.2) is 24.2 Å². The lowest BCUT2D eigenvalue weighted by Gasteiger charge is -2.15. The monoisotopic (exact) mass is 237 g/mol. The average molecular weight is 237 g/mol. The molecule has 1 aromatic carbocycles. The summed E-state index contributed by atoms with van der Waals surface area (Å²) in [5.74, 6) is -0.0153. The largest absolute Gasteiger partial charge is 0.496 e. The van der Waals surface area contributed by atoms with Gasteiger partial charge in [-0.3, -0.25) is 4.79 Å². The van der Waals surface area contributed by atoms with E-state index in [-0.39, 0.29) is 12.5 Å². The molecule has 1 rings (SSSR count). The summed E-state index contributed by atoms with van der Waals surface area (Å²) in [4.78, 5) is 10.6. The molecule has 0 radical (unpaired) electrons. The van der Waals surface area contributed by atoms with Crippen LogP contribution < -0.4 is 10.5 Å². The zero-order valence-electron chi connectivity index (χ0n) is 10.5. The van der Waals surface area contributed by atoms with Crippen LogP contribution in [-0.2, 0) is 11.2 Å². The molecule has 17 heavy (non-hydrogen) atoms. The predicted octanol–water partition coefficient (Wildman–Crippen LogP) is 1.66. The van der Waals surface area contributed by atoms with Gasteiger partial charge >= 0.3 is 5.97 Å². The van der Waals surface area contributed by atoms with Crippen molar-refractivity contribution in [1.82, 2.24) is 0 Å².